The third-order valence-corrected chi connectivity index (χ3v) is 2.67. The first-order valence-electron chi connectivity index (χ1n) is 5.30. The summed E-state index contributed by atoms with van der Waals surface area (Å²) in [5.41, 5.74) is 0.253. The average molecular weight is 237 g/mol. The van der Waals surface area contributed by atoms with Crippen molar-refractivity contribution in [1.29, 1.82) is 0 Å². The van der Waals surface area contributed by atoms with Gasteiger partial charge < -0.3 is 19.9 Å². The Kier molecular flexibility index (Phi) is 2.71. The number of carbonyl (C=O) groups excluding carboxylic acids is 1. The molecule has 0 atom stereocenters. The lowest BCUT2D eigenvalue weighted by Gasteiger charge is -2.32. The highest BCUT2D eigenvalue weighted by Crippen LogP contribution is 2.42. The minimum absolute atomic E-state index is 0.122. The van der Waals surface area contributed by atoms with Crippen molar-refractivity contribution >= 4 is 11.6 Å². The maximum absolute atomic E-state index is 11.7. The summed E-state index contributed by atoms with van der Waals surface area (Å²) in [5.74, 6) is 0.774. The molecule has 0 saturated heterocycles. The SMILES string of the molecule is COc1cc(CO)cc2c1OC(C)(C)C(=O)N2. The summed E-state index contributed by atoms with van der Waals surface area (Å²) in [7, 11) is 1.52. The first-order chi connectivity index (χ1) is 7.97. The molecule has 1 aromatic carbocycles. The second-order valence-corrected chi connectivity index (χ2v) is 4.40. The molecule has 0 unspecified atom stereocenters. The van der Waals surface area contributed by atoms with Crippen molar-refractivity contribution in [2.45, 2.75) is 26.1 Å². The maximum atomic E-state index is 11.7. The number of anilines is 1. The van der Waals surface area contributed by atoms with Crippen LogP contribution in [0, 0.1) is 0 Å². The molecule has 0 spiro atoms. The van der Waals surface area contributed by atoms with E-state index in [1.165, 1.54) is 7.11 Å². The molecule has 1 amide bonds. The van der Waals surface area contributed by atoms with Gasteiger partial charge in [-0.1, -0.05) is 0 Å². The van der Waals surface area contributed by atoms with Crippen LogP contribution < -0.4 is 14.8 Å². The van der Waals surface area contributed by atoms with Crippen molar-refractivity contribution in [2.24, 2.45) is 0 Å². The number of rotatable bonds is 2. The van der Waals surface area contributed by atoms with Gasteiger partial charge in [0, 0.05) is 0 Å². The molecule has 0 saturated carbocycles. The van der Waals surface area contributed by atoms with Crippen LogP contribution in [-0.2, 0) is 11.4 Å². The van der Waals surface area contributed by atoms with Gasteiger partial charge in [0.25, 0.3) is 5.91 Å². The lowest BCUT2D eigenvalue weighted by molar-refractivity contribution is -0.129. The third kappa shape index (κ3) is 1.93. The number of aliphatic hydroxyl groups is 1. The molecule has 0 aliphatic carbocycles. The number of amides is 1. The van der Waals surface area contributed by atoms with E-state index >= 15 is 0 Å². The third-order valence-electron chi connectivity index (χ3n) is 2.67. The van der Waals surface area contributed by atoms with Crippen LogP contribution >= 0.6 is 0 Å². The Morgan fingerprint density at radius 3 is 2.76 bits per heavy atom. The number of hydrogen-bond acceptors (Lipinski definition) is 4. The highest BCUT2D eigenvalue weighted by atomic mass is 16.5. The van der Waals surface area contributed by atoms with Gasteiger partial charge in [0.05, 0.1) is 19.4 Å². The van der Waals surface area contributed by atoms with Crippen molar-refractivity contribution in [3.05, 3.63) is 17.7 Å². The van der Waals surface area contributed by atoms with E-state index in [-0.39, 0.29) is 12.5 Å². The van der Waals surface area contributed by atoms with Gasteiger partial charge in [-0.25, -0.2) is 0 Å². The van der Waals surface area contributed by atoms with Crippen molar-refractivity contribution in [2.75, 3.05) is 12.4 Å². The van der Waals surface area contributed by atoms with E-state index < -0.39 is 5.60 Å². The van der Waals surface area contributed by atoms with Crippen LogP contribution in [0.2, 0.25) is 0 Å². The number of benzene rings is 1. The Morgan fingerprint density at radius 1 is 1.47 bits per heavy atom. The normalized spacial score (nSPS) is 16.8. The van der Waals surface area contributed by atoms with Crippen molar-refractivity contribution in [1.82, 2.24) is 0 Å². The van der Waals surface area contributed by atoms with Crippen molar-refractivity contribution < 1.29 is 19.4 Å². The molecular formula is C12H15NO4. The second kappa shape index (κ2) is 3.92. The Bertz CT molecular complexity index is 468. The Balaban J connectivity index is 2.53. The molecule has 92 valence electrons. The Labute approximate surface area is 99.3 Å². The van der Waals surface area contributed by atoms with E-state index in [1.54, 1.807) is 26.0 Å². The summed E-state index contributed by atoms with van der Waals surface area (Å²) in [6, 6.07) is 3.36. The van der Waals surface area contributed by atoms with Crippen LogP contribution in [0.1, 0.15) is 19.4 Å². The molecule has 2 N–H and O–H groups in total. The van der Waals surface area contributed by atoms with Crippen molar-refractivity contribution in [3.63, 3.8) is 0 Å². The Hall–Kier alpha value is -1.75. The molecule has 0 radical (unpaired) electrons. The van der Waals surface area contributed by atoms with Crippen LogP contribution in [0.5, 0.6) is 11.5 Å². The number of hydrogen-bond donors (Lipinski definition) is 2. The van der Waals surface area contributed by atoms with Crippen molar-refractivity contribution in [3.8, 4) is 11.5 Å². The molecule has 1 heterocycles. The van der Waals surface area contributed by atoms with Crippen LogP contribution in [0.4, 0.5) is 5.69 Å². The summed E-state index contributed by atoms with van der Waals surface area (Å²) in [6.45, 7) is 3.25. The Morgan fingerprint density at radius 2 is 2.18 bits per heavy atom. The summed E-state index contributed by atoms with van der Waals surface area (Å²) < 4.78 is 10.8. The zero-order chi connectivity index (χ0) is 12.6. The molecule has 1 aliphatic heterocycles. The van der Waals surface area contributed by atoms with Crippen LogP contribution in [-0.4, -0.2) is 23.7 Å². The molecule has 1 aromatic rings. The minimum Gasteiger partial charge on any atom is -0.493 e. The highest BCUT2D eigenvalue weighted by molar-refractivity contribution is 6.00. The maximum Gasteiger partial charge on any atom is 0.268 e. The van der Waals surface area contributed by atoms with Gasteiger partial charge in [-0.3, -0.25) is 4.79 Å². The zero-order valence-electron chi connectivity index (χ0n) is 10.0. The predicted molar refractivity (Wildman–Crippen MR) is 62.3 cm³/mol. The average Bonchev–Trinajstić information content (AvgIpc) is 2.29. The molecular weight excluding hydrogens is 222 g/mol. The number of ether oxygens (including phenoxy) is 2. The lowest BCUT2D eigenvalue weighted by Crippen LogP contribution is -2.45. The molecule has 5 heteroatoms. The molecule has 0 fully saturated rings. The number of methoxy groups -OCH3 is 1. The van der Waals surface area contributed by atoms with Crippen LogP contribution in [0.3, 0.4) is 0 Å². The van der Waals surface area contributed by atoms with Gasteiger partial charge in [-0.2, -0.15) is 0 Å². The molecule has 0 bridgehead atoms. The highest BCUT2D eigenvalue weighted by Gasteiger charge is 2.37. The second-order valence-electron chi connectivity index (χ2n) is 4.40. The van der Waals surface area contributed by atoms with E-state index in [1.807, 2.05) is 0 Å². The molecule has 17 heavy (non-hydrogen) atoms. The van der Waals surface area contributed by atoms with Gasteiger partial charge in [0.1, 0.15) is 0 Å². The van der Waals surface area contributed by atoms with Gasteiger partial charge in [-0.15, -0.1) is 0 Å². The lowest BCUT2D eigenvalue weighted by atomic mass is 10.0. The first-order valence-corrected chi connectivity index (χ1v) is 5.30. The molecule has 1 aliphatic rings. The minimum atomic E-state index is -0.930. The monoisotopic (exact) mass is 237 g/mol. The summed E-state index contributed by atoms with van der Waals surface area (Å²) >= 11 is 0. The van der Waals surface area contributed by atoms with Gasteiger partial charge in [0.15, 0.2) is 17.1 Å². The summed E-state index contributed by atoms with van der Waals surface area (Å²) in [6.07, 6.45) is 0. The molecule has 0 aromatic heterocycles. The fraction of sp³-hybridized carbons (Fsp3) is 0.417. The fourth-order valence-electron chi connectivity index (χ4n) is 1.67. The smallest absolute Gasteiger partial charge is 0.268 e. The topological polar surface area (TPSA) is 67.8 Å². The van der Waals surface area contributed by atoms with E-state index in [4.69, 9.17) is 14.6 Å². The van der Waals surface area contributed by atoms with Gasteiger partial charge in [-0.05, 0) is 31.5 Å². The number of aliphatic hydroxyl groups excluding tert-OH is 1. The van der Waals surface area contributed by atoms with E-state index in [2.05, 4.69) is 5.32 Å². The quantitative estimate of drug-likeness (QED) is 0.813. The van der Waals surface area contributed by atoms with Crippen LogP contribution in [0.25, 0.3) is 0 Å². The van der Waals surface area contributed by atoms with E-state index in [0.29, 0.717) is 22.7 Å². The van der Waals surface area contributed by atoms with Crippen LogP contribution in [0.15, 0.2) is 12.1 Å². The standard InChI is InChI=1S/C12H15NO4/c1-12(2)11(15)13-8-4-7(6-14)5-9(16-3)10(8)17-12/h4-5,14H,6H2,1-3H3,(H,13,15). The predicted octanol–water partition coefficient (Wildman–Crippen LogP) is 1.30. The number of nitrogens with one attached hydrogen (secondary N) is 1. The zero-order valence-corrected chi connectivity index (χ0v) is 10.0. The van der Waals surface area contributed by atoms with E-state index in [9.17, 15) is 4.79 Å². The largest absolute Gasteiger partial charge is 0.493 e. The van der Waals surface area contributed by atoms with Gasteiger partial charge >= 0.3 is 0 Å². The first kappa shape index (κ1) is 11.7. The molecule has 5 nitrogen and oxygen atoms in total. The molecule has 2 rings (SSSR count). The number of fused-ring (bicyclic) bond motifs is 1. The fourth-order valence-corrected chi connectivity index (χ4v) is 1.67. The number of carbonyl (C=O) groups is 1. The van der Waals surface area contributed by atoms with E-state index in [0.717, 1.165) is 0 Å². The van der Waals surface area contributed by atoms with Gasteiger partial charge in [0.2, 0.25) is 0 Å². The summed E-state index contributed by atoms with van der Waals surface area (Å²) in [5, 5.41) is 11.9. The summed E-state index contributed by atoms with van der Waals surface area (Å²) in [4.78, 5) is 11.7.